The van der Waals surface area contributed by atoms with Crippen molar-refractivity contribution in [3.05, 3.63) is 35.2 Å². The Bertz CT molecular complexity index is 550. The van der Waals surface area contributed by atoms with Crippen LogP contribution in [0.4, 0.5) is 0 Å². The number of carbonyl (C=O) groups is 1. The number of thiophene rings is 1. The molecule has 1 unspecified atom stereocenters. The Labute approximate surface area is 117 Å². The van der Waals surface area contributed by atoms with Gasteiger partial charge in [-0.3, -0.25) is 0 Å². The molecule has 0 aliphatic carbocycles. The first kappa shape index (κ1) is 14.0. The van der Waals surface area contributed by atoms with Gasteiger partial charge in [0.25, 0.3) is 0 Å². The first-order valence-corrected chi connectivity index (χ1v) is 7.52. The molecule has 1 heterocycles. The number of benzene rings is 1. The van der Waals surface area contributed by atoms with Crippen LogP contribution in [0.3, 0.4) is 0 Å². The molecule has 1 aromatic heterocycles. The fraction of sp³-hybridized carbons (Fsp3) is 0.400. The molecule has 0 saturated carbocycles. The lowest BCUT2D eigenvalue weighted by molar-refractivity contribution is -0.145. The number of nitrogens with one attached hydrogen (secondary N) is 1. The second kappa shape index (κ2) is 6.68. The summed E-state index contributed by atoms with van der Waals surface area (Å²) in [5, 5.41) is 6.46. The van der Waals surface area contributed by atoms with Crippen molar-refractivity contribution in [2.45, 2.75) is 26.3 Å². The number of hydrogen-bond acceptors (Lipinski definition) is 4. The van der Waals surface area contributed by atoms with E-state index in [1.54, 1.807) is 11.3 Å². The zero-order valence-electron chi connectivity index (χ0n) is 11.3. The van der Waals surface area contributed by atoms with Crippen LogP contribution in [0, 0.1) is 0 Å². The van der Waals surface area contributed by atoms with Gasteiger partial charge in [0.05, 0.1) is 6.61 Å². The van der Waals surface area contributed by atoms with E-state index < -0.39 is 0 Å². The minimum Gasteiger partial charge on any atom is -0.465 e. The molecule has 2 rings (SSSR count). The minimum atomic E-state index is -0.365. The molecule has 0 aliphatic rings. The van der Waals surface area contributed by atoms with E-state index >= 15 is 0 Å². The maximum atomic E-state index is 12.1. The monoisotopic (exact) mass is 277 g/mol. The molecular formula is C15H19NO2S. The molecule has 102 valence electrons. The summed E-state index contributed by atoms with van der Waals surface area (Å²) in [6.45, 7) is 5.13. The highest BCUT2D eigenvalue weighted by Gasteiger charge is 2.23. The summed E-state index contributed by atoms with van der Waals surface area (Å²) in [6.07, 6.45) is 0.984. The van der Waals surface area contributed by atoms with Crippen LogP contribution in [-0.4, -0.2) is 19.1 Å². The molecule has 3 nitrogen and oxygen atoms in total. The molecule has 0 radical (unpaired) electrons. The van der Waals surface area contributed by atoms with E-state index in [2.05, 4.69) is 29.8 Å². The number of carbonyl (C=O) groups excluding carboxylic acids is 1. The fourth-order valence-electron chi connectivity index (χ4n) is 2.06. The van der Waals surface area contributed by atoms with Gasteiger partial charge in [0.15, 0.2) is 0 Å². The Hall–Kier alpha value is -1.39. The molecule has 0 spiro atoms. The fourth-order valence-corrected chi connectivity index (χ4v) is 3.04. The Kier molecular flexibility index (Phi) is 4.93. The number of ether oxygens (including phenoxy) is 1. The first-order chi connectivity index (χ1) is 9.27. The quantitative estimate of drug-likeness (QED) is 0.821. The van der Waals surface area contributed by atoms with Crippen LogP contribution >= 0.6 is 11.3 Å². The SMILES string of the molecule is CCCNC(C(=O)OCC)c1csc2ccccc12. The number of hydrogen-bond donors (Lipinski definition) is 1. The summed E-state index contributed by atoms with van der Waals surface area (Å²) in [4.78, 5) is 12.1. The lowest BCUT2D eigenvalue weighted by Gasteiger charge is -2.16. The topological polar surface area (TPSA) is 38.3 Å². The number of esters is 1. The summed E-state index contributed by atoms with van der Waals surface area (Å²) in [5.74, 6) is -0.195. The number of rotatable bonds is 6. The Morgan fingerprint density at radius 1 is 1.37 bits per heavy atom. The molecule has 0 amide bonds. The molecule has 1 atom stereocenters. The van der Waals surface area contributed by atoms with E-state index in [1.165, 1.54) is 4.70 Å². The van der Waals surface area contributed by atoms with Gasteiger partial charge in [0.2, 0.25) is 0 Å². The second-order valence-corrected chi connectivity index (χ2v) is 5.24. The van der Waals surface area contributed by atoms with Gasteiger partial charge in [-0.25, -0.2) is 4.79 Å². The van der Waals surface area contributed by atoms with Crippen molar-refractivity contribution in [3.8, 4) is 0 Å². The summed E-state index contributed by atoms with van der Waals surface area (Å²) in [7, 11) is 0. The third-order valence-corrected chi connectivity index (χ3v) is 3.92. The van der Waals surface area contributed by atoms with Crippen molar-refractivity contribution in [1.82, 2.24) is 5.32 Å². The molecule has 0 saturated heterocycles. The average molecular weight is 277 g/mol. The van der Waals surface area contributed by atoms with E-state index in [0.717, 1.165) is 23.9 Å². The zero-order valence-corrected chi connectivity index (χ0v) is 12.1. The van der Waals surface area contributed by atoms with Gasteiger partial charge in [-0.05, 0) is 42.3 Å². The summed E-state index contributed by atoms with van der Waals surface area (Å²) in [6, 6.07) is 7.78. The van der Waals surface area contributed by atoms with Gasteiger partial charge in [0, 0.05) is 4.70 Å². The predicted molar refractivity (Wildman–Crippen MR) is 79.5 cm³/mol. The van der Waals surface area contributed by atoms with E-state index in [4.69, 9.17) is 4.74 Å². The zero-order chi connectivity index (χ0) is 13.7. The van der Waals surface area contributed by atoms with Crippen molar-refractivity contribution in [2.24, 2.45) is 0 Å². The first-order valence-electron chi connectivity index (χ1n) is 6.64. The van der Waals surface area contributed by atoms with Gasteiger partial charge in [-0.1, -0.05) is 25.1 Å². The van der Waals surface area contributed by atoms with Crippen molar-refractivity contribution >= 4 is 27.4 Å². The average Bonchev–Trinajstić information content (AvgIpc) is 2.84. The second-order valence-electron chi connectivity index (χ2n) is 4.33. The lowest BCUT2D eigenvalue weighted by atomic mass is 10.1. The third kappa shape index (κ3) is 3.14. The minimum absolute atomic E-state index is 0.195. The van der Waals surface area contributed by atoms with Gasteiger partial charge in [-0.15, -0.1) is 11.3 Å². The maximum Gasteiger partial charge on any atom is 0.327 e. The summed E-state index contributed by atoms with van der Waals surface area (Å²) < 4.78 is 6.38. The van der Waals surface area contributed by atoms with Gasteiger partial charge >= 0.3 is 5.97 Å². The molecule has 1 aromatic carbocycles. The number of fused-ring (bicyclic) bond motifs is 1. The Balaban J connectivity index is 2.33. The third-order valence-electron chi connectivity index (χ3n) is 2.94. The van der Waals surface area contributed by atoms with Crippen molar-refractivity contribution in [2.75, 3.05) is 13.2 Å². The Morgan fingerprint density at radius 3 is 2.89 bits per heavy atom. The van der Waals surface area contributed by atoms with Gasteiger partial charge in [-0.2, -0.15) is 0 Å². The van der Waals surface area contributed by atoms with E-state index in [9.17, 15) is 4.79 Å². The molecular weight excluding hydrogens is 258 g/mol. The smallest absolute Gasteiger partial charge is 0.327 e. The highest BCUT2D eigenvalue weighted by Crippen LogP contribution is 2.30. The lowest BCUT2D eigenvalue weighted by Crippen LogP contribution is -2.30. The summed E-state index contributed by atoms with van der Waals surface area (Å²) in [5.41, 5.74) is 1.02. The predicted octanol–water partition coefficient (Wildman–Crippen LogP) is 3.51. The highest BCUT2D eigenvalue weighted by atomic mass is 32.1. The maximum absolute atomic E-state index is 12.1. The van der Waals surface area contributed by atoms with Gasteiger partial charge in [0.1, 0.15) is 6.04 Å². The van der Waals surface area contributed by atoms with Crippen molar-refractivity contribution in [3.63, 3.8) is 0 Å². The van der Waals surface area contributed by atoms with Crippen molar-refractivity contribution < 1.29 is 9.53 Å². The van der Waals surface area contributed by atoms with Crippen LogP contribution in [0.1, 0.15) is 31.9 Å². The Morgan fingerprint density at radius 2 is 2.16 bits per heavy atom. The molecule has 1 N–H and O–H groups in total. The van der Waals surface area contributed by atoms with E-state index in [1.807, 2.05) is 19.1 Å². The van der Waals surface area contributed by atoms with E-state index in [0.29, 0.717) is 6.61 Å². The molecule has 2 aromatic rings. The highest BCUT2D eigenvalue weighted by molar-refractivity contribution is 7.17. The summed E-state index contributed by atoms with van der Waals surface area (Å²) >= 11 is 1.66. The molecule has 0 bridgehead atoms. The van der Waals surface area contributed by atoms with E-state index in [-0.39, 0.29) is 12.0 Å². The van der Waals surface area contributed by atoms with Crippen LogP contribution in [-0.2, 0) is 9.53 Å². The van der Waals surface area contributed by atoms with Crippen LogP contribution in [0.15, 0.2) is 29.6 Å². The van der Waals surface area contributed by atoms with Crippen LogP contribution < -0.4 is 5.32 Å². The normalized spacial score (nSPS) is 12.5. The van der Waals surface area contributed by atoms with Crippen LogP contribution in [0.2, 0.25) is 0 Å². The standard InChI is InChI=1S/C15H19NO2S/c1-3-9-16-14(15(17)18-4-2)12-10-19-13-8-6-5-7-11(12)13/h5-8,10,14,16H,3-4,9H2,1-2H3. The van der Waals surface area contributed by atoms with Gasteiger partial charge < -0.3 is 10.1 Å². The van der Waals surface area contributed by atoms with Crippen LogP contribution in [0.5, 0.6) is 0 Å². The molecule has 4 heteroatoms. The molecule has 0 aliphatic heterocycles. The van der Waals surface area contributed by atoms with Crippen molar-refractivity contribution in [1.29, 1.82) is 0 Å². The van der Waals surface area contributed by atoms with Crippen LogP contribution in [0.25, 0.3) is 10.1 Å². The molecule has 19 heavy (non-hydrogen) atoms. The largest absolute Gasteiger partial charge is 0.465 e. The molecule has 0 fully saturated rings.